The highest BCUT2D eigenvalue weighted by atomic mass is 19.3. The molecular formula is C5H12F2N2. The van der Waals surface area contributed by atoms with Gasteiger partial charge in [-0.05, 0) is 6.42 Å². The normalized spacial score (nSPS) is 14.3. The third kappa shape index (κ3) is 3.37. The molecule has 3 N–H and O–H groups in total. The summed E-state index contributed by atoms with van der Waals surface area (Å²) < 4.78 is 23.5. The summed E-state index contributed by atoms with van der Waals surface area (Å²) in [4.78, 5) is 0. The van der Waals surface area contributed by atoms with E-state index < -0.39 is 12.5 Å². The summed E-state index contributed by atoms with van der Waals surface area (Å²) >= 11 is 0. The van der Waals surface area contributed by atoms with Crippen LogP contribution in [0.4, 0.5) is 8.78 Å². The van der Waals surface area contributed by atoms with E-state index in [0.29, 0.717) is 6.42 Å². The highest BCUT2D eigenvalue weighted by Gasteiger charge is 2.16. The topological polar surface area (TPSA) is 38.0 Å². The van der Waals surface area contributed by atoms with Gasteiger partial charge < -0.3 is 0 Å². The fourth-order valence-corrected chi connectivity index (χ4v) is 0.593. The van der Waals surface area contributed by atoms with Gasteiger partial charge in [-0.2, -0.15) is 0 Å². The smallest absolute Gasteiger partial charge is 0.255 e. The van der Waals surface area contributed by atoms with Crippen LogP contribution in [0.25, 0.3) is 0 Å². The molecular weight excluding hydrogens is 126 g/mol. The predicted molar refractivity (Wildman–Crippen MR) is 32.0 cm³/mol. The lowest BCUT2D eigenvalue weighted by molar-refractivity contribution is 0.0939. The van der Waals surface area contributed by atoms with Crippen LogP contribution in [-0.4, -0.2) is 12.5 Å². The fraction of sp³-hybridized carbons (Fsp3) is 1.00. The average molecular weight is 138 g/mol. The molecule has 0 spiro atoms. The number of alkyl halides is 2. The summed E-state index contributed by atoms with van der Waals surface area (Å²) in [6.07, 6.45) is -1.21. The van der Waals surface area contributed by atoms with E-state index in [9.17, 15) is 8.78 Å². The van der Waals surface area contributed by atoms with Gasteiger partial charge in [-0.15, -0.1) is 0 Å². The van der Waals surface area contributed by atoms with E-state index in [1.165, 1.54) is 0 Å². The predicted octanol–water partition coefficient (Wildman–Crippen LogP) is 0.884. The van der Waals surface area contributed by atoms with Crippen LogP contribution < -0.4 is 11.3 Å². The Kier molecular flexibility index (Phi) is 4.53. The highest BCUT2D eigenvalue weighted by Crippen LogP contribution is 2.05. The molecule has 0 aromatic carbocycles. The Morgan fingerprint density at radius 1 is 1.56 bits per heavy atom. The molecule has 0 radical (unpaired) electrons. The van der Waals surface area contributed by atoms with Gasteiger partial charge in [0.25, 0.3) is 6.43 Å². The molecule has 0 saturated heterocycles. The van der Waals surface area contributed by atoms with Gasteiger partial charge in [0.15, 0.2) is 0 Å². The average Bonchev–Trinajstić information content (AvgIpc) is 1.82. The Bertz CT molecular complexity index is 68.0. The molecule has 2 nitrogen and oxygen atoms in total. The largest absolute Gasteiger partial charge is 0.271 e. The summed E-state index contributed by atoms with van der Waals surface area (Å²) in [5.41, 5.74) is 2.05. The van der Waals surface area contributed by atoms with E-state index in [2.05, 4.69) is 5.43 Å². The van der Waals surface area contributed by atoms with Crippen LogP contribution in [0.15, 0.2) is 0 Å². The molecule has 1 unspecified atom stereocenters. The zero-order chi connectivity index (χ0) is 7.28. The van der Waals surface area contributed by atoms with Crippen molar-refractivity contribution in [2.45, 2.75) is 32.2 Å². The number of nitrogens with two attached hydrogens (primary N) is 1. The van der Waals surface area contributed by atoms with E-state index in [0.717, 1.165) is 6.42 Å². The Morgan fingerprint density at radius 2 is 2.11 bits per heavy atom. The molecule has 56 valence electrons. The van der Waals surface area contributed by atoms with Crippen molar-refractivity contribution in [2.24, 2.45) is 5.84 Å². The third-order valence-electron chi connectivity index (χ3n) is 1.12. The van der Waals surface area contributed by atoms with Crippen molar-refractivity contribution in [3.63, 3.8) is 0 Å². The number of rotatable bonds is 4. The molecule has 1 atom stereocenters. The second kappa shape index (κ2) is 4.64. The number of hydrogen-bond acceptors (Lipinski definition) is 2. The van der Waals surface area contributed by atoms with E-state index in [-0.39, 0.29) is 0 Å². The molecule has 0 amide bonds. The highest BCUT2D eigenvalue weighted by molar-refractivity contribution is 4.63. The van der Waals surface area contributed by atoms with Gasteiger partial charge in [0.2, 0.25) is 0 Å². The zero-order valence-corrected chi connectivity index (χ0v) is 5.40. The van der Waals surface area contributed by atoms with Crippen LogP contribution >= 0.6 is 0 Å². The van der Waals surface area contributed by atoms with E-state index in [1.54, 1.807) is 0 Å². The number of halogens is 2. The van der Waals surface area contributed by atoms with Crippen LogP contribution in [0.5, 0.6) is 0 Å². The van der Waals surface area contributed by atoms with Crippen molar-refractivity contribution in [2.75, 3.05) is 0 Å². The first-order valence-electron chi connectivity index (χ1n) is 2.96. The molecule has 0 aliphatic rings. The first-order valence-corrected chi connectivity index (χ1v) is 2.96. The van der Waals surface area contributed by atoms with Crippen molar-refractivity contribution in [3.8, 4) is 0 Å². The summed E-state index contributed by atoms with van der Waals surface area (Å²) in [6, 6.07) is -0.838. The van der Waals surface area contributed by atoms with Crippen LogP contribution in [0.1, 0.15) is 19.8 Å². The Balaban J connectivity index is 3.41. The van der Waals surface area contributed by atoms with Crippen molar-refractivity contribution in [3.05, 3.63) is 0 Å². The first-order chi connectivity index (χ1) is 4.22. The van der Waals surface area contributed by atoms with Crippen LogP contribution in [0.3, 0.4) is 0 Å². The molecule has 9 heavy (non-hydrogen) atoms. The van der Waals surface area contributed by atoms with Gasteiger partial charge in [0.1, 0.15) is 0 Å². The van der Waals surface area contributed by atoms with Gasteiger partial charge in [0.05, 0.1) is 6.04 Å². The van der Waals surface area contributed by atoms with Gasteiger partial charge in [-0.3, -0.25) is 11.3 Å². The molecule has 0 aliphatic heterocycles. The second-order valence-corrected chi connectivity index (χ2v) is 1.90. The fourth-order valence-electron chi connectivity index (χ4n) is 0.593. The maximum atomic E-state index is 11.7. The lowest BCUT2D eigenvalue weighted by Crippen LogP contribution is -2.40. The lowest BCUT2D eigenvalue weighted by atomic mass is 10.2. The van der Waals surface area contributed by atoms with E-state index >= 15 is 0 Å². The van der Waals surface area contributed by atoms with Crippen molar-refractivity contribution >= 4 is 0 Å². The van der Waals surface area contributed by atoms with Gasteiger partial charge in [-0.1, -0.05) is 13.3 Å². The zero-order valence-electron chi connectivity index (χ0n) is 5.40. The minimum absolute atomic E-state index is 0.425. The van der Waals surface area contributed by atoms with E-state index in [4.69, 9.17) is 5.84 Å². The number of nitrogens with one attached hydrogen (secondary N) is 1. The summed E-state index contributed by atoms with van der Waals surface area (Å²) in [7, 11) is 0. The Morgan fingerprint density at radius 3 is 2.22 bits per heavy atom. The molecule has 4 heteroatoms. The first kappa shape index (κ1) is 8.78. The standard InChI is InChI=1S/C5H12F2N2/c1-2-3-4(9-8)5(6)7/h4-5,9H,2-3,8H2,1H3. The molecule has 0 saturated carbocycles. The third-order valence-corrected chi connectivity index (χ3v) is 1.12. The maximum Gasteiger partial charge on any atom is 0.255 e. The van der Waals surface area contributed by atoms with Crippen LogP contribution in [0, 0.1) is 0 Å². The molecule has 0 fully saturated rings. The lowest BCUT2D eigenvalue weighted by Gasteiger charge is -2.12. The molecule has 0 rings (SSSR count). The monoisotopic (exact) mass is 138 g/mol. The summed E-state index contributed by atoms with van der Waals surface area (Å²) in [5.74, 6) is 4.83. The maximum absolute atomic E-state index is 11.7. The van der Waals surface area contributed by atoms with Crippen molar-refractivity contribution in [1.29, 1.82) is 0 Å². The minimum Gasteiger partial charge on any atom is -0.271 e. The minimum atomic E-state index is -2.35. The number of hydrazine groups is 1. The van der Waals surface area contributed by atoms with Gasteiger partial charge in [-0.25, -0.2) is 8.78 Å². The van der Waals surface area contributed by atoms with Crippen LogP contribution in [-0.2, 0) is 0 Å². The van der Waals surface area contributed by atoms with E-state index in [1.807, 2.05) is 6.92 Å². The Hall–Kier alpha value is -0.220. The molecule has 0 aromatic heterocycles. The van der Waals surface area contributed by atoms with Crippen molar-refractivity contribution < 1.29 is 8.78 Å². The summed E-state index contributed by atoms with van der Waals surface area (Å²) in [6.45, 7) is 1.84. The molecule has 0 heterocycles. The SMILES string of the molecule is CCCC(NN)C(F)F. The molecule has 0 bridgehead atoms. The quantitative estimate of drug-likeness (QED) is 0.447. The molecule has 0 aliphatic carbocycles. The molecule has 0 aromatic rings. The van der Waals surface area contributed by atoms with Gasteiger partial charge >= 0.3 is 0 Å². The summed E-state index contributed by atoms with van der Waals surface area (Å²) in [5, 5.41) is 0. The Labute approximate surface area is 53.4 Å². The van der Waals surface area contributed by atoms with Crippen LogP contribution in [0.2, 0.25) is 0 Å². The van der Waals surface area contributed by atoms with Crippen molar-refractivity contribution in [1.82, 2.24) is 5.43 Å². The van der Waals surface area contributed by atoms with Gasteiger partial charge in [0, 0.05) is 0 Å². The second-order valence-electron chi connectivity index (χ2n) is 1.90. The number of hydrogen-bond donors (Lipinski definition) is 2.